The van der Waals surface area contributed by atoms with E-state index in [0.717, 1.165) is 46.3 Å². The minimum atomic E-state index is 1.01. The largest absolute Gasteiger partial charge is 0.354 e. The van der Waals surface area contributed by atoms with Crippen LogP contribution >= 0.6 is 47.8 Å². The second-order valence-corrected chi connectivity index (χ2v) is 6.89. The van der Waals surface area contributed by atoms with Crippen molar-refractivity contribution in [3.8, 4) is 0 Å². The maximum Gasteiger partial charge on any atom is 0.142 e. The Morgan fingerprint density at radius 2 is 2.00 bits per heavy atom. The fourth-order valence-electron chi connectivity index (χ4n) is 2.17. The Labute approximate surface area is 133 Å². The third kappa shape index (κ3) is 3.92. The first-order valence-corrected chi connectivity index (χ1v) is 8.76. The first kappa shape index (κ1) is 14.8. The molecular weight excluding hydrogens is 426 g/mol. The highest BCUT2D eigenvalue weighted by atomic mass is 79.9. The highest BCUT2D eigenvalue weighted by molar-refractivity contribution is 9.11. The number of alkyl halides is 1. The standard InChI is InChI=1S/C12H16Br3N3/c13-2-5-17-3-1-4-18(7-6-17)12-11(15)8-10(14)9-16-12/h8-9H,1-7H2. The lowest BCUT2D eigenvalue weighted by Gasteiger charge is -2.23. The molecule has 0 spiro atoms. The van der Waals surface area contributed by atoms with Gasteiger partial charge in [-0.2, -0.15) is 0 Å². The van der Waals surface area contributed by atoms with Crippen molar-refractivity contribution in [2.45, 2.75) is 6.42 Å². The molecule has 1 aliphatic rings. The van der Waals surface area contributed by atoms with Gasteiger partial charge in [-0.15, -0.1) is 0 Å². The van der Waals surface area contributed by atoms with Gasteiger partial charge in [0.05, 0.1) is 4.47 Å². The molecule has 1 aromatic rings. The van der Waals surface area contributed by atoms with Crippen LogP contribution in [-0.2, 0) is 0 Å². The Bertz CT molecular complexity index is 400. The van der Waals surface area contributed by atoms with Crippen LogP contribution in [0.4, 0.5) is 5.82 Å². The van der Waals surface area contributed by atoms with E-state index in [1.165, 1.54) is 13.0 Å². The summed E-state index contributed by atoms with van der Waals surface area (Å²) in [6.07, 6.45) is 3.05. The molecule has 2 rings (SSSR count). The monoisotopic (exact) mass is 439 g/mol. The van der Waals surface area contributed by atoms with Crippen LogP contribution < -0.4 is 4.90 Å². The number of hydrogen-bond acceptors (Lipinski definition) is 3. The molecule has 1 saturated heterocycles. The Morgan fingerprint density at radius 3 is 2.72 bits per heavy atom. The van der Waals surface area contributed by atoms with Gasteiger partial charge in [-0.1, -0.05) is 15.9 Å². The zero-order valence-electron chi connectivity index (χ0n) is 10.1. The molecule has 0 N–H and O–H groups in total. The van der Waals surface area contributed by atoms with Crippen molar-refractivity contribution in [2.75, 3.05) is 43.0 Å². The molecule has 0 unspecified atom stereocenters. The highest BCUT2D eigenvalue weighted by Gasteiger charge is 2.17. The van der Waals surface area contributed by atoms with Crippen molar-refractivity contribution in [3.05, 3.63) is 21.2 Å². The maximum absolute atomic E-state index is 4.52. The molecule has 1 aliphatic heterocycles. The lowest BCUT2D eigenvalue weighted by molar-refractivity contribution is 0.313. The van der Waals surface area contributed by atoms with E-state index >= 15 is 0 Å². The summed E-state index contributed by atoms with van der Waals surface area (Å²) in [5, 5.41) is 1.05. The number of hydrogen-bond donors (Lipinski definition) is 0. The topological polar surface area (TPSA) is 19.4 Å². The average Bonchev–Trinajstić information content (AvgIpc) is 2.55. The van der Waals surface area contributed by atoms with E-state index in [1.54, 1.807) is 0 Å². The summed E-state index contributed by atoms with van der Waals surface area (Å²) in [5.41, 5.74) is 0. The van der Waals surface area contributed by atoms with Crippen molar-refractivity contribution >= 4 is 53.6 Å². The van der Waals surface area contributed by atoms with Gasteiger partial charge in [0.2, 0.25) is 0 Å². The summed E-state index contributed by atoms with van der Waals surface area (Å²) >= 11 is 10.5. The van der Waals surface area contributed by atoms with Crippen LogP contribution in [0, 0.1) is 0 Å². The van der Waals surface area contributed by atoms with Crippen LogP contribution in [0.25, 0.3) is 0 Å². The molecule has 1 fully saturated rings. The number of halogens is 3. The van der Waals surface area contributed by atoms with Crippen LogP contribution in [-0.4, -0.2) is 47.9 Å². The molecule has 0 saturated carbocycles. The summed E-state index contributed by atoms with van der Waals surface area (Å²) in [7, 11) is 0. The van der Waals surface area contributed by atoms with Gasteiger partial charge >= 0.3 is 0 Å². The predicted molar refractivity (Wildman–Crippen MR) is 86.7 cm³/mol. The van der Waals surface area contributed by atoms with Crippen molar-refractivity contribution in [3.63, 3.8) is 0 Å². The van der Waals surface area contributed by atoms with Gasteiger partial charge in [-0.3, -0.25) is 0 Å². The minimum Gasteiger partial charge on any atom is -0.354 e. The number of rotatable bonds is 3. The second-order valence-electron chi connectivity index (χ2n) is 4.33. The van der Waals surface area contributed by atoms with Crippen molar-refractivity contribution < 1.29 is 0 Å². The second kappa shape index (κ2) is 7.22. The van der Waals surface area contributed by atoms with Gasteiger partial charge in [-0.25, -0.2) is 4.98 Å². The molecule has 0 amide bonds. The van der Waals surface area contributed by atoms with Crippen LogP contribution in [0.15, 0.2) is 21.2 Å². The third-order valence-electron chi connectivity index (χ3n) is 3.08. The lowest BCUT2D eigenvalue weighted by Crippen LogP contribution is -2.32. The molecule has 3 nitrogen and oxygen atoms in total. The lowest BCUT2D eigenvalue weighted by atomic mass is 10.3. The number of aromatic nitrogens is 1. The number of nitrogens with zero attached hydrogens (tertiary/aromatic N) is 3. The summed E-state index contributed by atoms with van der Waals surface area (Å²) in [4.78, 5) is 9.39. The van der Waals surface area contributed by atoms with Crippen molar-refractivity contribution in [2.24, 2.45) is 0 Å². The van der Waals surface area contributed by atoms with Crippen LogP contribution in [0.1, 0.15) is 6.42 Å². The fourth-order valence-corrected chi connectivity index (χ4v) is 3.91. The molecule has 0 atom stereocenters. The summed E-state index contributed by atoms with van der Waals surface area (Å²) in [6.45, 7) is 5.53. The Morgan fingerprint density at radius 1 is 1.17 bits per heavy atom. The first-order chi connectivity index (χ1) is 8.70. The van der Waals surface area contributed by atoms with Crippen LogP contribution in [0.5, 0.6) is 0 Å². The van der Waals surface area contributed by atoms with Gasteiger partial charge in [0.25, 0.3) is 0 Å². The van der Waals surface area contributed by atoms with Gasteiger partial charge in [0.15, 0.2) is 0 Å². The molecule has 0 bridgehead atoms. The first-order valence-electron chi connectivity index (χ1n) is 6.05. The summed E-state index contributed by atoms with van der Waals surface area (Å²) < 4.78 is 2.07. The highest BCUT2D eigenvalue weighted by Crippen LogP contribution is 2.27. The summed E-state index contributed by atoms with van der Waals surface area (Å²) in [5.74, 6) is 1.05. The molecular formula is C12H16Br3N3. The van der Waals surface area contributed by atoms with Gasteiger partial charge in [-0.05, 0) is 50.9 Å². The molecule has 18 heavy (non-hydrogen) atoms. The quantitative estimate of drug-likeness (QED) is 0.669. The SMILES string of the molecule is BrCCN1CCCN(c2ncc(Br)cc2Br)CC1. The molecule has 2 heterocycles. The minimum absolute atomic E-state index is 1.01. The van der Waals surface area contributed by atoms with E-state index in [9.17, 15) is 0 Å². The zero-order valence-corrected chi connectivity index (χ0v) is 14.8. The predicted octanol–water partition coefficient (Wildman–Crippen LogP) is 3.51. The van der Waals surface area contributed by atoms with Crippen molar-refractivity contribution in [1.82, 2.24) is 9.88 Å². The average molecular weight is 442 g/mol. The molecule has 1 aromatic heterocycles. The normalized spacial score (nSPS) is 17.8. The summed E-state index contributed by atoms with van der Waals surface area (Å²) in [6, 6.07) is 2.06. The van der Waals surface area contributed by atoms with E-state index in [2.05, 4.69) is 68.6 Å². The third-order valence-corrected chi connectivity index (χ3v) is 4.45. The van der Waals surface area contributed by atoms with Crippen LogP contribution in [0.3, 0.4) is 0 Å². The number of anilines is 1. The zero-order chi connectivity index (χ0) is 13.0. The van der Waals surface area contributed by atoms with E-state index in [-0.39, 0.29) is 0 Å². The smallest absolute Gasteiger partial charge is 0.142 e. The maximum atomic E-state index is 4.52. The Kier molecular flexibility index (Phi) is 5.92. The molecule has 100 valence electrons. The Balaban J connectivity index is 2.05. The molecule has 0 radical (unpaired) electrons. The van der Waals surface area contributed by atoms with E-state index in [4.69, 9.17) is 0 Å². The van der Waals surface area contributed by atoms with E-state index in [1.807, 2.05) is 6.20 Å². The van der Waals surface area contributed by atoms with E-state index in [0.29, 0.717) is 0 Å². The molecule has 6 heteroatoms. The van der Waals surface area contributed by atoms with Gasteiger partial charge in [0.1, 0.15) is 5.82 Å². The van der Waals surface area contributed by atoms with Crippen molar-refractivity contribution in [1.29, 1.82) is 0 Å². The number of pyridine rings is 1. The molecule has 0 aliphatic carbocycles. The fraction of sp³-hybridized carbons (Fsp3) is 0.583. The van der Waals surface area contributed by atoms with Gasteiger partial charge < -0.3 is 9.80 Å². The van der Waals surface area contributed by atoms with E-state index < -0.39 is 0 Å². The Hall–Kier alpha value is 0.350. The van der Waals surface area contributed by atoms with Crippen LogP contribution in [0.2, 0.25) is 0 Å². The van der Waals surface area contributed by atoms with Gasteiger partial charge in [0, 0.05) is 42.2 Å². The molecule has 0 aromatic carbocycles.